The first-order chi connectivity index (χ1) is 13.7. The molecule has 0 saturated carbocycles. The number of nitrogens with zero attached hydrogens (tertiary/aromatic N) is 2. The average molecular weight is 439 g/mol. The van der Waals surface area contributed by atoms with Gasteiger partial charge < -0.3 is 14.6 Å². The molecule has 7 nitrogen and oxygen atoms in total. The lowest BCUT2D eigenvalue weighted by molar-refractivity contribution is 0.0812. The number of methoxy groups -OCH3 is 1. The molecule has 0 amide bonds. The summed E-state index contributed by atoms with van der Waals surface area (Å²) in [4.78, 5) is 25.5. The fourth-order valence-electron chi connectivity index (χ4n) is 2.84. The Morgan fingerprint density at radius 1 is 1.38 bits per heavy atom. The molecular weight excluding hydrogens is 419 g/mol. The Labute approximate surface area is 178 Å². The predicted octanol–water partition coefficient (Wildman–Crippen LogP) is 3.73. The molecule has 154 valence electrons. The first-order valence-electron chi connectivity index (χ1n) is 8.74. The van der Waals surface area contributed by atoms with Crippen molar-refractivity contribution in [1.82, 2.24) is 4.57 Å². The van der Waals surface area contributed by atoms with Crippen molar-refractivity contribution in [2.24, 2.45) is 0 Å². The molecule has 1 unspecified atom stereocenters. The zero-order chi connectivity index (χ0) is 21.7. The van der Waals surface area contributed by atoms with E-state index < -0.39 is 23.3 Å². The molecule has 1 aromatic carbocycles. The number of halogens is 2. The number of carbonyl (C=O) groups is 1. The van der Waals surface area contributed by atoms with Gasteiger partial charge in [-0.2, -0.15) is 5.26 Å². The Morgan fingerprint density at radius 2 is 2.07 bits per heavy atom. The number of nitriles is 1. The summed E-state index contributed by atoms with van der Waals surface area (Å²) in [6.45, 7) is 3.36. The molecular formula is C20H20Cl2N2O5. The van der Waals surface area contributed by atoms with Gasteiger partial charge in [-0.25, -0.2) is 0 Å². The molecule has 1 aromatic heterocycles. The smallest absolute Gasteiger partial charge is 0.271 e. The summed E-state index contributed by atoms with van der Waals surface area (Å²) in [5.41, 5.74) is -0.915. The second-order valence-corrected chi connectivity index (χ2v) is 7.16. The number of benzene rings is 1. The van der Waals surface area contributed by atoms with E-state index in [4.69, 9.17) is 32.7 Å². The van der Waals surface area contributed by atoms with E-state index >= 15 is 0 Å². The third-order valence-electron chi connectivity index (χ3n) is 4.34. The first kappa shape index (κ1) is 22.8. The number of rotatable bonds is 8. The van der Waals surface area contributed by atoms with E-state index in [1.165, 1.54) is 33.1 Å². The van der Waals surface area contributed by atoms with E-state index in [1.54, 1.807) is 6.07 Å². The number of pyridine rings is 1. The van der Waals surface area contributed by atoms with Crippen LogP contribution in [0.3, 0.4) is 0 Å². The molecule has 0 bridgehead atoms. The fraction of sp³-hybridized carbons (Fsp3) is 0.350. The van der Waals surface area contributed by atoms with Crippen LogP contribution in [0, 0.1) is 18.3 Å². The fourth-order valence-corrected chi connectivity index (χ4v) is 3.29. The summed E-state index contributed by atoms with van der Waals surface area (Å²) < 4.78 is 11.6. The minimum Gasteiger partial charge on any atom is -0.494 e. The van der Waals surface area contributed by atoms with Crippen LogP contribution >= 0.6 is 23.2 Å². The summed E-state index contributed by atoms with van der Waals surface area (Å²) in [5, 5.41) is 20.7. The van der Waals surface area contributed by atoms with Crippen LogP contribution in [0.1, 0.15) is 34.8 Å². The third kappa shape index (κ3) is 4.91. The molecule has 0 spiro atoms. The van der Waals surface area contributed by atoms with Crippen LogP contribution in [0.4, 0.5) is 0 Å². The Hall–Kier alpha value is -2.53. The lowest BCUT2D eigenvalue weighted by atomic mass is 9.99. The maximum atomic E-state index is 13.0. The molecule has 0 aliphatic carbocycles. The molecule has 1 atom stereocenters. The van der Waals surface area contributed by atoms with E-state index in [0.29, 0.717) is 18.1 Å². The van der Waals surface area contributed by atoms with Crippen LogP contribution in [0.15, 0.2) is 23.0 Å². The molecule has 0 fully saturated rings. The largest absolute Gasteiger partial charge is 0.494 e. The number of hydrogen-bond acceptors (Lipinski definition) is 6. The summed E-state index contributed by atoms with van der Waals surface area (Å²) in [6.07, 6.45) is -0.632. The van der Waals surface area contributed by atoms with Gasteiger partial charge in [0.1, 0.15) is 17.4 Å². The van der Waals surface area contributed by atoms with Crippen molar-refractivity contribution >= 4 is 29.0 Å². The molecule has 1 heterocycles. The lowest BCUT2D eigenvalue weighted by Gasteiger charge is -2.19. The molecule has 29 heavy (non-hydrogen) atoms. The number of Topliss-reactive ketones (excluding diaryl/α,β-unsaturated/α-hetero) is 1. The Balaban J connectivity index is 2.46. The van der Waals surface area contributed by atoms with E-state index in [0.717, 1.165) is 4.57 Å². The van der Waals surface area contributed by atoms with Crippen molar-refractivity contribution in [2.75, 3.05) is 13.7 Å². The van der Waals surface area contributed by atoms with Crippen LogP contribution in [0.5, 0.6) is 11.6 Å². The van der Waals surface area contributed by atoms with Crippen molar-refractivity contribution in [2.45, 2.75) is 32.9 Å². The van der Waals surface area contributed by atoms with Gasteiger partial charge in [0.2, 0.25) is 11.7 Å². The Morgan fingerprint density at radius 3 is 2.66 bits per heavy atom. The van der Waals surface area contributed by atoms with Crippen molar-refractivity contribution < 1.29 is 19.4 Å². The van der Waals surface area contributed by atoms with Crippen molar-refractivity contribution in [3.05, 3.63) is 55.3 Å². The topological polar surface area (TPSA) is 102 Å². The zero-order valence-corrected chi connectivity index (χ0v) is 17.7. The molecule has 0 aliphatic rings. The van der Waals surface area contributed by atoms with Crippen LogP contribution in [-0.2, 0) is 11.3 Å². The van der Waals surface area contributed by atoms with Gasteiger partial charge in [-0.1, -0.05) is 23.2 Å². The second-order valence-electron chi connectivity index (χ2n) is 6.31. The van der Waals surface area contributed by atoms with E-state index in [2.05, 4.69) is 0 Å². The van der Waals surface area contributed by atoms with Crippen LogP contribution < -0.4 is 10.3 Å². The van der Waals surface area contributed by atoms with E-state index in [1.807, 2.05) is 6.07 Å². The van der Waals surface area contributed by atoms with E-state index in [9.17, 15) is 20.0 Å². The maximum Gasteiger partial charge on any atom is 0.271 e. The standard InChI is InChI=1S/C20H20Cl2N2O5/c1-11-14(10-23)19(26)24(7-4-8-28-3)20(27)17(11)18(25)12(2)29-16-6-5-13(21)9-15(16)22/h5-6,9,12,27H,4,7-8H2,1-3H3. The molecule has 9 heteroatoms. The maximum absolute atomic E-state index is 13.0. The highest BCUT2D eigenvalue weighted by atomic mass is 35.5. The molecule has 0 aliphatic heterocycles. The Kier molecular flexibility index (Phi) is 7.68. The number of aromatic nitrogens is 1. The number of aromatic hydroxyl groups is 1. The zero-order valence-electron chi connectivity index (χ0n) is 16.2. The quantitative estimate of drug-likeness (QED) is 0.497. The highest BCUT2D eigenvalue weighted by Gasteiger charge is 2.28. The van der Waals surface area contributed by atoms with Crippen LogP contribution in [0.25, 0.3) is 0 Å². The van der Waals surface area contributed by atoms with Gasteiger partial charge in [0.25, 0.3) is 5.56 Å². The van der Waals surface area contributed by atoms with Gasteiger partial charge in [0, 0.05) is 25.3 Å². The van der Waals surface area contributed by atoms with Gasteiger partial charge in [0.05, 0.1) is 10.6 Å². The number of hydrogen-bond donors (Lipinski definition) is 1. The van der Waals surface area contributed by atoms with Gasteiger partial charge in [-0.15, -0.1) is 0 Å². The molecule has 2 aromatic rings. The van der Waals surface area contributed by atoms with Gasteiger partial charge in [-0.3, -0.25) is 14.2 Å². The SMILES string of the molecule is COCCCn1c(O)c(C(=O)C(C)Oc2ccc(Cl)cc2Cl)c(C)c(C#N)c1=O. The minimum atomic E-state index is -1.05. The van der Waals surface area contributed by atoms with Crippen molar-refractivity contribution in [1.29, 1.82) is 5.26 Å². The first-order valence-corrected chi connectivity index (χ1v) is 9.49. The molecule has 0 radical (unpaired) electrons. The number of ether oxygens (including phenoxy) is 2. The summed E-state index contributed by atoms with van der Waals surface area (Å²) in [5.74, 6) is -0.865. The lowest BCUT2D eigenvalue weighted by Crippen LogP contribution is -2.31. The highest BCUT2D eigenvalue weighted by Crippen LogP contribution is 2.30. The van der Waals surface area contributed by atoms with Crippen LogP contribution in [0.2, 0.25) is 10.0 Å². The number of carbonyl (C=O) groups excluding carboxylic acids is 1. The van der Waals surface area contributed by atoms with Gasteiger partial charge in [0.15, 0.2) is 6.10 Å². The number of ketones is 1. The van der Waals surface area contributed by atoms with Gasteiger partial charge >= 0.3 is 0 Å². The second kappa shape index (κ2) is 9.79. The molecule has 0 saturated heterocycles. The highest BCUT2D eigenvalue weighted by molar-refractivity contribution is 6.35. The summed E-state index contributed by atoms with van der Waals surface area (Å²) in [7, 11) is 1.51. The molecule has 1 N–H and O–H groups in total. The average Bonchev–Trinajstić information content (AvgIpc) is 2.67. The normalized spacial score (nSPS) is 11.7. The van der Waals surface area contributed by atoms with Crippen molar-refractivity contribution in [3.63, 3.8) is 0 Å². The van der Waals surface area contributed by atoms with E-state index in [-0.39, 0.29) is 34.0 Å². The predicted molar refractivity (Wildman–Crippen MR) is 109 cm³/mol. The summed E-state index contributed by atoms with van der Waals surface area (Å²) >= 11 is 11.9. The third-order valence-corrected chi connectivity index (χ3v) is 4.87. The van der Waals surface area contributed by atoms with Crippen molar-refractivity contribution in [3.8, 4) is 17.7 Å². The minimum absolute atomic E-state index is 0.0893. The Bertz CT molecular complexity index is 1030. The summed E-state index contributed by atoms with van der Waals surface area (Å²) in [6, 6.07) is 6.37. The molecule has 2 rings (SSSR count). The monoisotopic (exact) mass is 438 g/mol. The van der Waals surface area contributed by atoms with Gasteiger partial charge in [-0.05, 0) is 44.0 Å². The van der Waals surface area contributed by atoms with Crippen LogP contribution in [-0.4, -0.2) is 35.3 Å².